The number of aryl methyl sites for hydroxylation is 2. The predicted octanol–water partition coefficient (Wildman–Crippen LogP) is 1.74. The Bertz CT molecular complexity index is 1000. The van der Waals surface area contributed by atoms with E-state index in [2.05, 4.69) is 26.3 Å². The molecule has 0 spiro atoms. The summed E-state index contributed by atoms with van der Waals surface area (Å²) in [4.78, 5) is 20.0. The Labute approximate surface area is 230 Å². The first-order valence-electron chi connectivity index (χ1n) is 12.3. The van der Waals surface area contributed by atoms with Gasteiger partial charge in [0, 0.05) is 18.8 Å². The van der Waals surface area contributed by atoms with Gasteiger partial charge in [-0.25, -0.2) is 11.0 Å². The monoisotopic (exact) mass is 546 g/mol. The number of nitrogens with two attached hydrogens (primary N) is 3. The normalized spacial score (nSPS) is 11.2. The molecule has 2 rings (SSSR count). The van der Waals surface area contributed by atoms with Gasteiger partial charge in [-0.1, -0.05) is 48.5 Å². The predicted molar refractivity (Wildman–Crippen MR) is 154 cm³/mol. The van der Waals surface area contributed by atoms with Gasteiger partial charge in [0.25, 0.3) is 0 Å². The number of carbonyl (C=O) groups is 1. The molecule has 2 aromatic carbocycles. The van der Waals surface area contributed by atoms with Crippen molar-refractivity contribution >= 4 is 24.4 Å². The molecule has 8 N–H and O–H groups in total. The number of guanidine groups is 2. The second-order valence-electron chi connectivity index (χ2n) is 7.37. The highest BCUT2D eigenvalue weighted by molar-refractivity contribution is 5.83. The van der Waals surface area contributed by atoms with Crippen LogP contribution in [0.25, 0.3) is 0 Å². The van der Waals surface area contributed by atoms with E-state index in [0.29, 0.717) is 39.6 Å². The topological polar surface area (TPSA) is 193 Å². The van der Waals surface area contributed by atoms with E-state index < -0.39 is 0 Å². The minimum Gasteiger partial charge on any atom is -0.379 e. The van der Waals surface area contributed by atoms with Crippen LogP contribution in [0.3, 0.4) is 0 Å². The molecular weight excluding hydrogens is 504 g/mol. The molecule has 13 nitrogen and oxygen atoms in total. The number of hydrazone groups is 1. The third kappa shape index (κ3) is 19.7. The molecule has 0 heterocycles. The Morgan fingerprint density at radius 1 is 0.795 bits per heavy atom. The van der Waals surface area contributed by atoms with Crippen LogP contribution in [-0.2, 0) is 19.1 Å². The molecule has 0 fully saturated rings. The lowest BCUT2D eigenvalue weighted by Gasteiger charge is -2.04. The minimum atomic E-state index is 0.0431. The van der Waals surface area contributed by atoms with Crippen molar-refractivity contribution < 1.29 is 23.9 Å². The molecular formula is C26H42N8O5. The number of ether oxygens (including phenoxy) is 2. The van der Waals surface area contributed by atoms with E-state index in [4.69, 9.17) is 36.5 Å². The summed E-state index contributed by atoms with van der Waals surface area (Å²) in [5.41, 5.74) is 19.4. The van der Waals surface area contributed by atoms with Gasteiger partial charge in [-0.05, 0) is 44.4 Å². The van der Waals surface area contributed by atoms with E-state index in [1.807, 2.05) is 76.2 Å². The SMILES string of the molecule is CCOCCONC(N)=N/N=C/c1ccccc1C.CCOCCONC(N)=NN.Cc1ccccc1C=O. The second-order valence-corrected chi connectivity index (χ2v) is 7.37. The third-order valence-corrected chi connectivity index (χ3v) is 4.43. The van der Waals surface area contributed by atoms with Gasteiger partial charge in [0.05, 0.1) is 32.6 Å². The van der Waals surface area contributed by atoms with Gasteiger partial charge in [0.2, 0.25) is 11.9 Å². The Balaban J connectivity index is 0.000000611. The Kier molecular flexibility index (Phi) is 21.8. The fourth-order valence-electron chi connectivity index (χ4n) is 2.39. The van der Waals surface area contributed by atoms with E-state index >= 15 is 0 Å². The first kappa shape index (κ1) is 35.0. The molecule has 0 aliphatic rings. The molecule has 0 amide bonds. The maximum atomic E-state index is 10.2. The van der Waals surface area contributed by atoms with Crippen LogP contribution in [0.5, 0.6) is 0 Å². The van der Waals surface area contributed by atoms with Crippen LogP contribution in [0.4, 0.5) is 0 Å². The lowest BCUT2D eigenvalue weighted by molar-refractivity contribution is 0.0246. The molecule has 0 saturated heterocycles. The van der Waals surface area contributed by atoms with Crippen molar-refractivity contribution in [2.45, 2.75) is 27.7 Å². The summed E-state index contributed by atoms with van der Waals surface area (Å²) in [5.74, 6) is 4.94. The summed E-state index contributed by atoms with van der Waals surface area (Å²) in [6.07, 6.45) is 2.51. The van der Waals surface area contributed by atoms with Crippen LogP contribution in [0, 0.1) is 13.8 Å². The number of hydrogen-bond donors (Lipinski definition) is 5. The number of aldehydes is 1. The zero-order valence-corrected chi connectivity index (χ0v) is 23.1. The Hall–Kier alpha value is -4.04. The van der Waals surface area contributed by atoms with Crippen LogP contribution < -0.4 is 28.3 Å². The Morgan fingerprint density at radius 2 is 1.28 bits per heavy atom. The van der Waals surface area contributed by atoms with Crippen LogP contribution >= 0.6 is 0 Å². The van der Waals surface area contributed by atoms with Gasteiger partial charge in [0.1, 0.15) is 6.29 Å². The zero-order valence-electron chi connectivity index (χ0n) is 23.1. The largest absolute Gasteiger partial charge is 0.379 e. The van der Waals surface area contributed by atoms with E-state index in [-0.39, 0.29) is 11.9 Å². The molecule has 0 unspecified atom stereocenters. The third-order valence-electron chi connectivity index (χ3n) is 4.43. The lowest BCUT2D eigenvalue weighted by Crippen LogP contribution is -2.33. The van der Waals surface area contributed by atoms with Crippen LogP contribution in [0.2, 0.25) is 0 Å². The van der Waals surface area contributed by atoms with E-state index in [1.165, 1.54) is 0 Å². The molecule has 216 valence electrons. The summed E-state index contributed by atoms with van der Waals surface area (Å²) in [5, 5.41) is 10.8. The fourth-order valence-corrected chi connectivity index (χ4v) is 2.39. The molecule has 0 saturated carbocycles. The molecule has 0 bridgehead atoms. The molecule has 2 aromatic rings. The lowest BCUT2D eigenvalue weighted by atomic mass is 10.1. The zero-order chi connectivity index (χ0) is 29.1. The van der Waals surface area contributed by atoms with Crippen molar-refractivity contribution in [3.8, 4) is 0 Å². The van der Waals surface area contributed by atoms with Gasteiger partial charge in [-0.2, -0.15) is 5.10 Å². The van der Waals surface area contributed by atoms with Gasteiger partial charge in [-0.15, -0.1) is 10.2 Å². The number of rotatable bonds is 13. The Morgan fingerprint density at radius 3 is 1.72 bits per heavy atom. The van der Waals surface area contributed by atoms with Crippen molar-refractivity contribution in [2.75, 3.05) is 39.6 Å². The van der Waals surface area contributed by atoms with Gasteiger partial charge in [-0.3, -0.25) is 14.5 Å². The van der Waals surface area contributed by atoms with Crippen LogP contribution in [0.1, 0.15) is 40.9 Å². The first-order valence-corrected chi connectivity index (χ1v) is 12.3. The van der Waals surface area contributed by atoms with E-state index in [0.717, 1.165) is 28.5 Å². The maximum Gasteiger partial charge on any atom is 0.237 e. The van der Waals surface area contributed by atoms with Gasteiger partial charge < -0.3 is 26.8 Å². The standard InChI is InChI=1S/C13H20N4O2.C8H8O.C5H14N4O2/c1-3-18-8-9-19-17-13(14)16-15-10-12-7-5-4-6-11(12)2;1-7-4-2-3-5-8(7)6-9;1-2-10-3-4-11-9-5(6)8-7/h4-7,10H,3,8-9H2,1-2H3,(H3,14,16,17);2-6H,1H3;2-4,7H2,1H3,(H3,6,8,9)/b15-10+;;. The van der Waals surface area contributed by atoms with E-state index in [9.17, 15) is 4.79 Å². The van der Waals surface area contributed by atoms with Crippen LogP contribution in [-0.4, -0.2) is 64.1 Å². The van der Waals surface area contributed by atoms with Crippen molar-refractivity contribution in [3.05, 3.63) is 70.8 Å². The summed E-state index contributed by atoms with van der Waals surface area (Å²) < 4.78 is 10.1. The van der Waals surface area contributed by atoms with Crippen molar-refractivity contribution in [1.29, 1.82) is 0 Å². The number of nitrogens with zero attached hydrogens (tertiary/aromatic N) is 3. The van der Waals surface area contributed by atoms with E-state index in [1.54, 1.807) is 6.21 Å². The molecule has 0 atom stereocenters. The highest BCUT2D eigenvalue weighted by Gasteiger charge is 1.93. The molecule has 0 aliphatic carbocycles. The summed E-state index contributed by atoms with van der Waals surface area (Å²) in [7, 11) is 0. The summed E-state index contributed by atoms with van der Waals surface area (Å²) >= 11 is 0. The molecule has 0 radical (unpaired) electrons. The molecule has 0 aliphatic heterocycles. The molecule has 39 heavy (non-hydrogen) atoms. The number of hydrogen-bond acceptors (Lipinski definition) is 9. The van der Waals surface area contributed by atoms with Crippen molar-refractivity contribution in [3.63, 3.8) is 0 Å². The summed E-state index contributed by atoms with van der Waals surface area (Å²) in [6.45, 7) is 10.9. The number of nitrogens with one attached hydrogen (secondary N) is 2. The average molecular weight is 547 g/mol. The van der Waals surface area contributed by atoms with Gasteiger partial charge >= 0.3 is 0 Å². The van der Waals surface area contributed by atoms with Crippen molar-refractivity contribution in [2.24, 2.45) is 32.6 Å². The first-order chi connectivity index (χ1) is 18.9. The van der Waals surface area contributed by atoms with Crippen LogP contribution in [0.15, 0.2) is 63.8 Å². The van der Waals surface area contributed by atoms with Crippen molar-refractivity contribution in [1.82, 2.24) is 11.0 Å². The maximum absolute atomic E-state index is 10.2. The number of hydroxylamine groups is 2. The average Bonchev–Trinajstić information content (AvgIpc) is 2.94. The molecule has 0 aromatic heterocycles. The highest BCUT2D eigenvalue weighted by atomic mass is 16.7. The number of carbonyl (C=O) groups excluding carboxylic acids is 1. The molecule has 13 heteroatoms. The summed E-state index contributed by atoms with van der Waals surface area (Å²) in [6, 6.07) is 15.4. The number of benzene rings is 2. The smallest absolute Gasteiger partial charge is 0.237 e. The fraction of sp³-hybridized carbons (Fsp3) is 0.385. The highest BCUT2D eigenvalue weighted by Crippen LogP contribution is 2.03. The quantitative estimate of drug-likeness (QED) is 0.0617. The van der Waals surface area contributed by atoms with Gasteiger partial charge in [0.15, 0.2) is 0 Å². The minimum absolute atomic E-state index is 0.0431. The second kappa shape index (κ2) is 24.3.